The van der Waals surface area contributed by atoms with E-state index in [1.54, 1.807) is 0 Å². The van der Waals surface area contributed by atoms with Gasteiger partial charge in [-0.25, -0.2) is 9.97 Å². The monoisotopic (exact) mass is 1650 g/mol. The predicted molar refractivity (Wildman–Crippen MR) is 543 cm³/mol. The number of pyridine rings is 2. The molecule has 128 heavy (non-hydrogen) atoms. The van der Waals surface area contributed by atoms with Gasteiger partial charge in [-0.05, 0) is 188 Å². The number of fused-ring (bicyclic) bond motifs is 12. The summed E-state index contributed by atoms with van der Waals surface area (Å²) in [5.41, 5.74) is 36.5. The van der Waals surface area contributed by atoms with E-state index >= 15 is 0 Å². The normalized spacial score (nSPS) is 11.7. The van der Waals surface area contributed by atoms with Crippen LogP contribution in [-0.4, -0.2) is 36.3 Å². The van der Waals surface area contributed by atoms with Crippen molar-refractivity contribution in [1.82, 2.24) is 28.2 Å². The van der Waals surface area contributed by atoms with E-state index < -0.39 is 8.07 Å². The molecule has 0 bridgehead atoms. The Labute approximate surface area is 744 Å². The number of benzene rings is 18. The number of nitrogens with zero attached hydrogens (tertiary/aromatic N) is 6. The summed E-state index contributed by atoms with van der Waals surface area (Å²) >= 11 is 0. The van der Waals surface area contributed by atoms with Gasteiger partial charge < -0.3 is 18.3 Å². The molecule has 0 atom stereocenters. The van der Waals surface area contributed by atoms with Crippen LogP contribution in [0.15, 0.2) is 467 Å². The highest BCUT2D eigenvalue weighted by Crippen LogP contribution is 2.44. The second kappa shape index (κ2) is 32.1. The lowest BCUT2D eigenvalue weighted by Gasteiger charge is -2.17. The van der Waals surface area contributed by atoms with Crippen molar-refractivity contribution in [3.8, 4) is 135 Å². The average molecular weight is 1650 g/mol. The first-order valence-corrected chi connectivity index (χ1v) is 47.6. The molecule has 0 amide bonds. The summed E-state index contributed by atoms with van der Waals surface area (Å²) in [5.74, 6) is 0. The van der Waals surface area contributed by atoms with Crippen LogP contribution in [0.5, 0.6) is 0 Å². The molecule has 24 rings (SSSR count). The van der Waals surface area contributed by atoms with E-state index in [1.807, 2.05) is 12.1 Å². The topological polar surface area (TPSA) is 45.5 Å². The van der Waals surface area contributed by atoms with Gasteiger partial charge in [-0.2, -0.15) is 0 Å². The third-order valence-electron chi connectivity index (χ3n) is 25.7. The highest BCUT2D eigenvalue weighted by atomic mass is 28.3. The van der Waals surface area contributed by atoms with Crippen LogP contribution in [0.1, 0.15) is 0 Å². The molecule has 6 aromatic heterocycles. The third-order valence-corrected chi connectivity index (χ3v) is 27.7. The molecule has 0 aliphatic rings. The van der Waals surface area contributed by atoms with E-state index in [0.717, 1.165) is 84.3 Å². The summed E-state index contributed by atoms with van der Waals surface area (Å²) in [4.78, 5) is 10.2. The van der Waals surface area contributed by atoms with Crippen LogP contribution in [0.3, 0.4) is 0 Å². The number of hydrogen-bond acceptors (Lipinski definition) is 2. The Morgan fingerprint density at radius 1 is 0.148 bits per heavy atom. The second-order valence-electron chi connectivity index (χ2n) is 34.4. The van der Waals surface area contributed by atoms with Crippen molar-refractivity contribution in [1.29, 1.82) is 0 Å². The van der Waals surface area contributed by atoms with Crippen molar-refractivity contribution < 1.29 is 0 Å². The predicted octanol–water partition coefficient (Wildman–Crippen LogP) is 31.8. The van der Waals surface area contributed by atoms with E-state index in [2.05, 4.69) is 493 Å². The van der Waals surface area contributed by atoms with Gasteiger partial charge in [0.05, 0.1) is 75.0 Å². The molecule has 0 saturated carbocycles. The molecule has 6 nitrogen and oxygen atoms in total. The van der Waals surface area contributed by atoms with Crippen molar-refractivity contribution in [2.75, 3.05) is 0 Å². The van der Waals surface area contributed by atoms with E-state index in [-0.39, 0.29) is 0 Å². The molecule has 0 spiro atoms. The van der Waals surface area contributed by atoms with Crippen molar-refractivity contribution in [2.45, 2.75) is 19.6 Å². The first kappa shape index (κ1) is 76.6. The van der Waals surface area contributed by atoms with Crippen molar-refractivity contribution >= 4 is 100 Å². The Hall–Kier alpha value is -16.3. The maximum atomic E-state index is 5.12. The van der Waals surface area contributed by atoms with E-state index in [1.165, 1.54) is 143 Å². The van der Waals surface area contributed by atoms with Crippen LogP contribution < -0.4 is 5.19 Å². The maximum absolute atomic E-state index is 5.12. The highest BCUT2D eigenvalue weighted by molar-refractivity contribution is 6.88. The van der Waals surface area contributed by atoms with Crippen LogP contribution in [0.2, 0.25) is 19.6 Å². The number of rotatable bonds is 15. The van der Waals surface area contributed by atoms with Gasteiger partial charge in [0.25, 0.3) is 0 Å². The standard InChI is InChI=1S/C65H43N3.C56H43N3Si/c1-4-14-44(15-5-1)45-24-26-46(27-25-45)47-28-34-54(35-29-47)67-62-22-12-10-20-56(62)58-38-32-51(42-64(58)67)52-33-39-59-57-21-11-13-23-63(57)68(65(59)43-52)55-36-30-48(31-37-55)53-40-60(49-16-6-2-7-17-49)66-61(41-53)50-18-8-3-9-19-50;1-60(2,3)46-30-28-45(29-31-46)59-54-21-13-11-19-48(54)50-33-25-42(37-56(50)59)41-24-32-49-47-18-10-12-20-53(47)58(55(49)36-41)44-26-22-38(23-27-44)43-34-51(39-14-6-4-7-15-39)57-52(35-43)40-16-8-5-9-17-40/h1-43H;4-37H,1-3H3. The quantitative estimate of drug-likeness (QED) is 0.0960. The Balaban J connectivity index is 0.000000148. The number of hydrogen-bond donors (Lipinski definition) is 0. The van der Waals surface area contributed by atoms with E-state index in [4.69, 9.17) is 9.97 Å². The van der Waals surface area contributed by atoms with E-state index in [9.17, 15) is 0 Å². The number of para-hydroxylation sites is 4. The summed E-state index contributed by atoms with van der Waals surface area (Å²) in [7, 11) is -1.43. The van der Waals surface area contributed by atoms with Crippen LogP contribution in [0.4, 0.5) is 0 Å². The van der Waals surface area contributed by atoms with Gasteiger partial charge in [0.1, 0.15) is 0 Å². The van der Waals surface area contributed by atoms with Gasteiger partial charge in [-0.15, -0.1) is 0 Å². The van der Waals surface area contributed by atoms with Crippen LogP contribution >= 0.6 is 0 Å². The van der Waals surface area contributed by atoms with Gasteiger partial charge in [-0.1, -0.05) is 371 Å². The first-order valence-electron chi connectivity index (χ1n) is 44.1. The van der Waals surface area contributed by atoms with Crippen LogP contribution in [0.25, 0.3) is 222 Å². The minimum atomic E-state index is -1.43. The zero-order valence-corrected chi connectivity index (χ0v) is 72.1. The van der Waals surface area contributed by atoms with Gasteiger partial charge >= 0.3 is 0 Å². The summed E-state index contributed by atoms with van der Waals surface area (Å²) in [6.45, 7) is 7.22. The lowest BCUT2D eigenvalue weighted by Crippen LogP contribution is -2.37. The molecule has 7 heteroatoms. The summed E-state index contributed by atoms with van der Waals surface area (Å²) < 4.78 is 9.70. The minimum absolute atomic E-state index is 0.957. The molecular weight excluding hydrogens is 1570 g/mol. The molecule has 24 aromatic rings. The molecule has 0 radical (unpaired) electrons. The Morgan fingerprint density at radius 3 is 0.586 bits per heavy atom. The minimum Gasteiger partial charge on any atom is -0.309 e. The fourth-order valence-corrected chi connectivity index (χ4v) is 20.3. The maximum Gasteiger partial charge on any atom is 0.0775 e. The Bertz CT molecular complexity index is 8200. The van der Waals surface area contributed by atoms with Gasteiger partial charge in [0.15, 0.2) is 0 Å². The smallest absolute Gasteiger partial charge is 0.0775 e. The lowest BCUT2D eigenvalue weighted by atomic mass is 9.99. The average Bonchev–Trinajstić information content (AvgIpc) is 1.58. The molecule has 18 aromatic carbocycles. The SMILES string of the molecule is C[Si](C)(C)c1ccc(-n2c3ccccc3c3ccc(-c4ccc5c6ccccc6n(-c6ccc(-c7cc(-c8ccccc8)nc(-c8ccccc8)c7)cc6)c5c4)cc32)cc1.c1ccc(-c2ccc(-c3ccc(-n4c5ccccc5c5ccc(-c6ccc7c8ccccc8n(-c8ccc(-c9cc(-c%10ccccc%10)nc(-c%10ccccc%10)c9)cc8)c7c6)cc54)cc3)cc2)cc1. The Morgan fingerprint density at radius 2 is 0.336 bits per heavy atom. The highest BCUT2D eigenvalue weighted by Gasteiger charge is 2.23. The van der Waals surface area contributed by atoms with Crippen molar-refractivity contribution in [3.05, 3.63) is 467 Å². The summed E-state index contributed by atoms with van der Waals surface area (Å²) in [6.07, 6.45) is 0. The zero-order chi connectivity index (χ0) is 85.3. The summed E-state index contributed by atoms with van der Waals surface area (Å²) in [6, 6.07) is 169. The van der Waals surface area contributed by atoms with Gasteiger partial charge in [-0.3, -0.25) is 0 Å². The fourth-order valence-electron chi connectivity index (χ4n) is 19.1. The van der Waals surface area contributed by atoms with Crippen molar-refractivity contribution in [2.24, 2.45) is 0 Å². The van der Waals surface area contributed by atoms with Gasteiger partial charge in [0, 0.05) is 88.1 Å². The molecule has 0 N–H and O–H groups in total. The zero-order valence-electron chi connectivity index (χ0n) is 71.1. The van der Waals surface area contributed by atoms with Crippen LogP contribution in [-0.2, 0) is 0 Å². The van der Waals surface area contributed by atoms with E-state index in [0.29, 0.717) is 0 Å². The molecular formula is C121H86N6Si. The first-order chi connectivity index (χ1) is 63.1. The molecule has 0 saturated heterocycles. The molecule has 604 valence electrons. The lowest BCUT2D eigenvalue weighted by molar-refractivity contribution is 1.18. The fraction of sp³-hybridized carbons (Fsp3) is 0.0248. The largest absolute Gasteiger partial charge is 0.309 e. The molecule has 0 aliphatic heterocycles. The van der Waals surface area contributed by atoms with Crippen LogP contribution in [0, 0.1) is 0 Å². The summed E-state index contributed by atoms with van der Waals surface area (Å²) in [5, 5.41) is 11.4. The molecule has 0 unspecified atom stereocenters. The Kier molecular flexibility index (Phi) is 19.2. The molecule has 0 aliphatic carbocycles. The second-order valence-corrected chi connectivity index (χ2v) is 39.5. The number of aromatic nitrogens is 6. The molecule has 0 fully saturated rings. The van der Waals surface area contributed by atoms with Crippen molar-refractivity contribution in [3.63, 3.8) is 0 Å². The van der Waals surface area contributed by atoms with Gasteiger partial charge in [0.2, 0.25) is 0 Å². The molecule has 6 heterocycles. The third kappa shape index (κ3) is 14.0.